The Labute approximate surface area is 142 Å². The minimum absolute atomic E-state index is 0.00926. The first-order valence-corrected chi connectivity index (χ1v) is 7.86. The summed E-state index contributed by atoms with van der Waals surface area (Å²) in [6.45, 7) is 0.305. The SMILES string of the molecule is CN1CC[C@@H](N(C)c2nc(Cl)nc3c(F)c(Cl)ncc23)[C@H]1CF. The maximum Gasteiger partial charge on any atom is 0.225 e. The van der Waals surface area contributed by atoms with Crippen molar-refractivity contribution in [2.24, 2.45) is 0 Å². The molecule has 1 saturated heterocycles. The zero-order valence-corrected chi connectivity index (χ0v) is 14.1. The van der Waals surface area contributed by atoms with Crippen LogP contribution in [0.25, 0.3) is 10.9 Å². The Balaban J connectivity index is 2.10. The van der Waals surface area contributed by atoms with Crippen LogP contribution in [0.15, 0.2) is 6.20 Å². The van der Waals surface area contributed by atoms with Gasteiger partial charge in [-0.15, -0.1) is 0 Å². The molecule has 124 valence electrons. The van der Waals surface area contributed by atoms with Crippen LogP contribution in [0, 0.1) is 5.82 Å². The average Bonchev–Trinajstić information content (AvgIpc) is 2.90. The molecule has 3 heterocycles. The van der Waals surface area contributed by atoms with Crippen LogP contribution in [0.4, 0.5) is 14.6 Å². The quantitative estimate of drug-likeness (QED) is 0.621. The first kappa shape index (κ1) is 16.5. The van der Waals surface area contributed by atoms with E-state index in [1.165, 1.54) is 6.20 Å². The van der Waals surface area contributed by atoms with Crippen LogP contribution >= 0.6 is 23.2 Å². The third-order valence-corrected chi connectivity index (χ3v) is 4.80. The fraction of sp³-hybridized carbons (Fsp3) is 0.500. The van der Waals surface area contributed by atoms with Gasteiger partial charge in [0.1, 0.15) is 18.0 Å². The first-order chi connectivity index (χ1) is 10.9. The summed E-state index contributed by atoms with van der Waals surface area (Å²) in [6, 6.07) is -0.355. The zero-order chi connectivity index (χ0) is 16.7. The molecule has 1 aliphatic heterocycles. The highest BCUT2D eigenvalue weighted by atomic mass is 35.5. The van der Waals surface area contributed by atoms with Gasteiger partial charge in [-0.1, -0.05) is 11.6 Å². The fourth-order valence-corrected chi connectivity index (χ4v) is 3.38. The third-order valence-electron chi connectivity index (χ3n) is 4.37. The van der Waals surface area contributed by atoms with Crippen molar-refractivity contribution >= 4 is 39.9 Å². The molecule has 0 N–H and O–H groups in total. The van der Waals surface area contributed by atoms with Crippen LogP contribution in [0.1, 0.15) is 6.42 Å². The Morgan fingerprint density at radius 2 is 2.13 bits per heavy atom. The lowest BCUT2D eigenvalue weighted by molar-refractivity contribution is 0.241. The number of fused-ring (bicyclic) bond motifs is 1. The van der Waals surface area contributed by atoms with Crippen molar-refractivity contribution in [2.45, 2.75) is 18.5 Å². The molecule has 0 spiro atoms. The van der Waals surface area contributed by atoms with Crippen LogP contribution in [0.3, 0.4) is 0 Å². The Hall–Kier alpha value is -1.31. The highest BCUT2D eigenvalue weighted by molar-refractivity contribution is 6.30. The van der Waals surface area contributed by atoms with Gasteiger partial charge < -0.3 is 4.90 Å². The first-order valence-electron chi connectivity index (χ1n) is 7.10. The number of rotatable bonds is 3. The standard InChI is InChI=1S/C14H15Cl2F2N5/c1-22-4-3-8(9(22)5-17)23(2)13-7-6-19-12(15)10(18)11(7)20-14(16)21-13/h6,8-9H,3-5H2,1-2H3/t8-,9-/m1/s1. The number of likely N-dealkylation sites (tertiary alicyclic amines) is 1. The predicted octanol–water partition coefficient (Wildman–Crippen LogP) is 2.95. The van der Waals surface area contributed by atoms with Gasteiger partial charge in [-0.05, 0) is 25.1 Å². The van der Waals surface area contributed by atoms with Gasteiger partial charge in [0.25, 0.3) is 0 Å². The summed E-state index contributed by atoms with van der Waals surface area (Å²) in [4.78, 5) is 15.7. The van der Waals surface area contributed by atoms with Crippen molar-refractivity contribution in [3.05, 3.63) is 22.5 Å². The van der Waals surface area contributed by atoms with Gasteiger partial charge in [0.15, 0.2) is 11.0 Å². The molecule has 2 atom stereocenters. The van der Waals surface area contributed by atoms with Gasteiger partial charge in [0.05, 0.1) is 11.4 Å². The number of nitrogens with zero attached hydrogens (tertiary/aromatic N) is 5. The van der Waals surface area contributed by atoms with Crippen molar-refractivity contribution in [3.8, 4) is 0 Å². The second-order valence-corrected chi connectivity index (χ2v) is 6.31. The number of hydrogen-bond donors (Lipinski definition) is 0. The van der Waals surface area contributed by atoms with Crippen molar-refractivity contribution in [1.29, 1.82) is 0 Å². The minimum atomic E-state index is -0.742. The van der Waals surface area contributed by atoms with Gasteiger partial charge >= 0.3 is 0 Å². The second kappa shape index (κ2) is 6.30. The van der Waals surface area contributed by atoms with Crippen LogP contribution in [-0.2, 0) is 0 Å². The molecular formula is C14H15Cl2F2N5. The highest BCUT2D eigenvalue weighted by Gasteiger charge is 2.36. The second-order valence-electron chi connectivity index (χ2n) is 5.61. The lowest BCUT2D eigenvalue weighted by atomic mass is 10.1. The van der Waals surface area contributed by atoms with Crippen molar-refractivity contribution in [3.63, 3.8) is 0 Å². The lowest BCUT2D eigenvalue weighted by Crippen LogP contribution is -2.44. The van der Waals surface area contributed by atoms with Gasteiger partial charge in [-0.3, -0.25) is 4.90 Å². The summed E-state index contributed by atoms with van der Waals surface area (Å²) in [5.74, 6) is -0.324. The van der Waals surface area contributed by atoms with Crippen molar-refractivity contribution < 1.29 is 8.78 Å². The van der Waals surface area contributed by atoms with Gasteiger partial charge in [0, 0.05) is 25.8 Å². The van der Waals surface area contributed by atoms with E-state index in [-0.39, 0.29) is 28.0 Å². The Kier molecular flexibility index (Phi) is 4.53. The summed E-state index contributed by atoms with van der Waals surface area (Å²) < 4.78 is 27.5. The molecule has 0 amide bonds. The molecule has 9 heteroatoms. The van der Waals surface area contributed by atoms with E-state index < -0.39 is 12.5 Å². The molecule has 2 aromatic heterocycles. The summed E-state index contributed by atoms with van der Waals surface area (Å²) in [5.41, 5.74) is 0.00926. The van der Waals surface area contributed by atoms with Crippen LogP contribution < -0.4 is 4.90 Å². The molecule has 0 saturated carbocycles. The Morgan fingerprint density at radius 1 is 1.39 bits per heavy atom. The van der Waals surface area contributed by atoms with E-state index in [9.17, 15) is 8.78 Å². The summed E-state index contributed by atoms with van der Waals surface area (Å²) in [6.07, 6.45) is 2.18. The van der Waals surface area contributed by atoms with E-state index in [1.54, 1.807) is 7.05 Å². The van der Waals surface area contributed by atoms with Gasteiger partial charge in [0.2, 0.25) is 5.28 Å². The molecule has 3 rings (SSSR count). The Morgan fingerprint density at radius 3 is 2.83 bits per heavy atom. The number of halogens is 4. The molecule has 0 aliphatic carbocycles. The molecular weight excluding hydrogens is 347 g/mol. The van der Waals surface area contributed by atoms with Gasteiger partial charge in [-0.2, -0.15) is 4.98 Å². The van der Waals surface area contributed by atoms with Crippen LogP contribution in [0.5, 0.6) is 0 Å². The van der Waals surface area contributed by atoms with Gasteiger partial charge in [-0.25, -0.2) is 18.7 Å². The summed E-state index contributed by atoms with van der Waals surface area (Å²) in [5, 5.41) is 0.0257. The number of anilines is 1. The molecule has 0 aromatic carbocycles. The smallest absolute Gasteiger partial charge is 0.225 e. The van der Waals surface area contributed by atoms with E-state index in [0.29, 0.717) is 11.2 Å². The van der Waals surface area contributed by atoms with E-state index >= 15 is 0 Å². The maximum atomic E-state index is 14.2. The minimum Gasteiger partial charge on any atom is -0.354 e. The summed E-state index contributed by atoms with van der Waals surface area (Å²) in [7, 11) is 3.67. The van der Waals surface area contributed by atoms with Crippen molar-refractivity contribution in [2.75, 3.05) is 32.2 Å². The molecule has 2 aromatic rings. The average molecular weight is 362 g/mol. The summed E-state index contributed by atoms with van der Waals surface area (Å²) >= 11 is 11.6. The van der Waals surface area contributed by atoms with E-state index in [1.807, 2.05) is 16.8 Å². The number of hydrogen-bond acceptors (Lipinski definition) is 5. The highest BCUT2D eigenvalue weighted by Crippen LogP contribution is 2.32. The van der Waals surface area contributed by atoms with Crippen molar-refractivity contribution in [1.82, 2.24) is 19.9 Å². The third kappa shape index (κ3) is 2.81. The van der Waals surface area contributed by atoms with E-state index in [2.05, 4.69) is 15.0 Å². The number of likely N-dealkylation sites (N-methyl/N-ethyl adjacent to an activating group) is 2. The number of alkyl halides is 1. The number of pyridine rings is 1. The monoisotopic (exact) mass is 361 g/mol. The normalized spacial score (nSPS) is 22.0. The molecule has 0 bridgehead atoms. The van der Waals surface area contributed by atoms with E-state index in [4.69, 9.17) is 23.2 Å². The molecule has 0 radical (unpaired) electrons. The molecule has 5 nitrogen and oxygen atoms in total. The van der Waals surface area contributed by atoms with Crippen LogP contribution in [-0.4, -0.2) is 59.3 Å². The fourth-order valence-electron chi connectivity index (χ4n) is 3.08. The topological polar surface area (TPSA) is 45.2 Å². The zero-order valence-electron chi connectivity index (χ0n) is 12.6. The molecule has 1 aliphatic rings. The molecule has 23 heavy (non-hydrogen) atoms. The van der Waals surface area contributed by atoms with Crippen LogP contribution in [0.2, 0.25) is 10.4 Å². The maximum absolute atomic E-state index is 14.2. The number of aromatic nitrogens is 3. The predicted molar refractivity (Wildman–Crippen MR) is 86.5 cm³/mol. The largest absolute Gasteiger partial charge is 0.354 e. The lowest BCUT2D eigenvalue weighted by Gasteiger charge is -2.31. The Bertz CT molecular complexity index is 745. The van der Waals surface area contributed by atoms with E-state index in [0.717, 1.165) is 13.0 Å². The molecule has 1 fully saturated rings. The molecule has 0 unspecified atom stereocenters.